The van der Waals surface area contributed by atoms with Crippen LogP contribution in [0.2, 0.25) is 0 Å². The van der Waals surface area contributed by atoms with Gasteiger partial charge in [-0.2, -0.15) is 0 Å². The van der Waals surface area contributed by atoms with Crippen LogP contribution in [0.15, 0.2) is 77.7 Å². The van der Waals surface area contributed by atoms with Crippen LogP contribution in [0.3, 0.4) is 0 Å². The Balaban J connectivity index is 2.07. The van der Waals surface area contributed by atoms with Crippen LogP contribution < -0.4 is 14.4 Å². The van der Waals surface area contributed by atoms with E-state index in [0.29, 0.717) is 5.75 Å². The van der Waals surface area contributed by atoms with E-state index in [1.807, 2.05) is 58.9 Å². The summed E-state index contributed by atoms with van der Waals surface area (Å²) in [6.07, 6.45) is 0. The highest BCUT2D eigenvalue weighted by molar-refractivity contribution is 7.92. The van der Waals surface area contributed by atoms with Gasteiger partial charge in [-0.25, -0.2) is 8.42 Å². The number of rotatable bonds is 10. The summed E-state index contributed by atoms with van der Waals surface area (Å²) in [4.78, 5) is 28.7. The van der Waals surface area contributed by atoms with Gasteiger partial charge in [0.15, 0.2) is 0 Å². The topological polar surface area (TPSA) is 96.0 Å². The molecule has 1 unspecified atom stereocenters. The summed E-state index contributed by atoms with van der Waals surface area (Å²) in [7, 11) is -2.74. The fourth-order valence-electron chi connectivity index (χ4n) is 4.13. The van der Waals surface area contributed by atoms with Crippen molar-refractivity contribution in [3.05, 3.63) is 89.5 Å². The molecule has 0 spiro atoms. The Kier molecular flexibility index (Phi) is 9.63. The molecule has 3 aromatic rings. The van der Waals surface area contributed by atoms with Crippen molar-refractivity contribution in [2.75, 3.05) is 18.0 Å². The third-order valence-electron chi connectivity index (χ3n) is 6.38. The Morgan fingerprint density at radius 3 is 2.00 bits per heavy atom. The van der Waals surface area contributed by atoms with Gasteiger partial charge in [-0.1, -0.05) is 59.7 Å². The number of nitrogens with zero attached hydrogens (tertiary/aromatic N) is 2. The maximum Gasteiger partial charge on any atom is 0.264 e. The number of sulfonamides is 1. The van der Waals surface area contributed by atoms with Crippen LogP contribution in [-0.2, 0) is 26.2 Å². The number of amides is 2. The van der Waals surface area contributed by atoms with E-state index in [9.17, 15) is 18.0 Å². The molecule has 0 aliphatic carbocycles. The second kappa shape index (κ2) is 12.6. The lowest BCUT2D eigenvalue weighted by Gasteiger charge is -2.33. The van der Waals surface area contributed by atoms with Gasteiger partial charge in [0.25, 0.3) is 10.0 Å². The van der Waals surface area contributed by atoms with Crippen LogP contribution in [0.25, 0.3) is 0 Å². The lowest BCUT2D eigenvalue weighted by molar-refractivity contribution is -0.140. The zero-order valence-electron chi connectivity index (χ0n) is 24.3. The molecule has 0 aliphatic rings. The highest BCUT2D eigenvalue weighted by Crippen LogP contribution is 2.32. The summed E-state index contributed by atoms with van der Waals surface area (Å²) in [6.45, 7) is 10.7. The average molecular weight is 566 g/mol. The molecular formula is C31H39N3O5S. The van der Waals surface area contributed by atoms with Gasteiger partial charge >= 0.3 is 0 Å². The first-order valence-electron chi connectivity index (χ1n) is 13.1. The Labute approximate surface area is 238 Å². The molecule has 0 aliphatic heterocycles. The third-order valence-corrected chi connectivity index (χ3v) is 8.15. The number of anilines is 1. The predicted molar refractivity (Wildman–Crippen MR) is 158 cm³/mol. The molecule has 0 heterocycles. The fraction of sp³-hybridized carbons (Fsp3) is 0.355. The van der Waals surface area contributed by atoms with E-state index in [4.69, 9.17) is 4.74 Å². The lowest BCUT2D eigenvalue weighted by atomic mass is 10.1. The minimum Gasteiger partial charge on any atom is -0.495 e. The van der Waals surface area contributed by atoms with E-state index in [0.717, 1.165) is 21.0 Å². The fourth-order valence-corrected chi connectivity index (χ4v) is 5.56. The van der Waals surface area contributed by atoms with Crippen molar-refractivity contribution < 1.29 is 22.7 Å². The van der Waals surface area contributed by atoms with Gasteiger partial charge in [-0.15, -0.1) is 0 Å². The second-order valence-corrected chi connectivity index (χ2v) is 12.8. The first-order chi connectivity index (χ1) is 18.7. The number of benzene rings is 3. The Morgan fingerprint density at radius 2 is 1.45 bits per heavy atom. The highest BCUT2D eigenvalue weighted by Gasteiger charge is 2.34. The number of ether oxygens (including phenoxy) is 1. The van der Waals surface area contributed by atoms with Crippen LogP contribution in [0, 0.1) is 13.8 Å². The second-order valence-electron chi connectivity index (χ2n) is 10.9. The van der Waals surface area contributed by atoms with Crippen LogP contribution in [-0.4, -0.2) is 50.4 Å². The molecule has 0 saturated carbocycles. The molecule has 1 atom stereocenters. The quantitative estimate of drug-likeness (QED) is 0.380. The number of hydrogen-bond donors (Lipinski definition) is 1. The monoisotopic (exact) mass is 565 g/mol. The number of hydrogen-bond acceptors (Lipinski definition) is 5. The summed E-state index contributed by atoms with van der Waals surface area (Å²) in [5, 5.41) is 2.93. The first kappa shape index (κ1) is 30.7. The molecular weight excluding hydrogens is 526 g/mol. The molecule has 0 fully saturated rings. The van der Waals surface area contributed by atoms with Crippen LogP contribution in [0.4, 0.5) is 5.69 Å². The van der Waals surface area contributed by atoms with Crippen LogP contribution in [0.5, 0.6) is 5.75 Å². The minimum atomic E-state index is -4.18. The zero-order chi connectivity index (χ0) is 29.7. The molecule has 1 N–H and O–H groups in total. The average Bonchev–Trinajstić information content (AvgIpc) is 2.90. The van der Waals surface area contributed by atoms with E-state index in [1.54, 1.807) is 43.3 Å². The van der Waals surface area contributed by atoms with Gasteiger partial charge in [0.05, 0.1) is 17.7 Å². The van der Waals surface area contributed by atoms with Gasteiger partial charge in [-0.05, 0) is 71.4 Å². The van der Waals surface area contributed by atoms with Crippen molar-refractivity contribution in [1.29, 1.82) is 0 Å². The van der Waals surface area contributed by atoms with Crippen molar-refractivity contribution in [1.82, 2.24) is 10.2 Å². The van der Waals surface area contributed by atoms with Gasteiger partial charge in [-0.3, -0.25) is 13.9 Å². The number of aryl methyl sites for hydroxylation is 2. The van der Waals surface area contributed by atoms with Crippen molar-refractivity contribution in [2.24, 2.45) is 0 Å². The van der Waals surface area contributed by atoms with E-state index in [2.05, 4.69) is 5.32 Å². The van der Waals surface area contributed by atoms with Gasteiger partial charge in [0.2, 0.25) is 11.8 Å². The van der Waals surface area contributed by atoms with Gasteiger partial charge in [0.1, 0.15) is 18.3 Å². The summed E-state index contributed by atoms with van der Waals surface area (Å²) in [5.74, 6) is -0.563. The summed E-state index contributed by atoms with van der Waals surface area (Å²) < 4.78 is 34.5. The molecule has 0 radical (unpaired) electrons. The van der Waals surface area contributed by atoms with Gasteiger partial charge in [0, 0.05) is 12.1 Å². The third kappa shape index (κ3) is 7.63. The maximum absolute atomic E-state index is 14.0. The SMILES string of the molecule is COc1ccccc1N(CC(=O)N(Cc1ccc(C)cc1)C(C)C(=O)NC(C)(C)C)S(=O)(=O)c1ccc(C)cc1. The van der Waals surface area contributed by atoms with E-state index >= 15 is 0 Å². The van der Waals surface area contributed by atoms with Gasteiger partial charge < -0.3 is 15.0 Å². The molecule has 214 valence electrons. The normalized spacial score (nSPS) is 12.4. The molecule has 2 amide bonds. The number of carbonyl (C=O) groups is 2. The molecule has 40 heavy (non-hydrogen) atoms. The maximum atomic E-state index is 14.0. The number of nitrogens with one attached hydrogen (secondary N) is 1. The van der Waals surface area contributed by atoms with Crippen LogP contribution in [0.1, 0.15) is 44.4 Å². The number of para-hydroxylation sites is 2. The molecule has 0 saturated heterocycles. The number of carbonyl (C=O) groups excluding carboxylic acids is 2. The van der Waals surface area contributed by atoms with E-state index in [-0.39, 0.29) is 23.0 Å². The summed E-state index contributed by atoms with van der Waals surface area (Å²) in [6, 6.07) is 19.9. The lowest BCUT2D eigenvalue weighted by Crippen LogP contribution is -2.54. The van der Waals surface area contributed by atoms with Crippen molar-refractivity contribution >= 4 is 27.5 Å². The Hall–Kier alpha value is -3.85. The molecule has 3 aromatic carbocycles. The first-order valence-corrected chi connectivity index (χ1v) is 14.6. The zero-order valence-corrected chi connectivity index (χ0v) is 25.1. The number of methoxy groups -OCH3 is 1. The molecule has 0 aromatic heterocycles. The minimum absolute atomic E-state index is 0.0421. The van der Waals surface area contributed by atoms with Crippen molar-refractivity contribution in [3.63, 3.8) is 0 Å². The van der Waals surface area contributed by atoms with Crippen LogP contribution >= 0.6 is 0 Å². The molecule has 0 bridgehead atoms. The van der Waals surface area contributed by atoms with E-state index in [1.165, 1.54) is 24.1 Å². The highest BCUT2D eigenvalue weighted by atomic mass is 32.2. The molecule has 8 nitrogen and oxygen atoms in total. The Bertz CT molecular complexity index is 1430. The predicted octanol–water partition coefficient (Wildman–Crippen LogP) is 4.84. The largest absolute Gasteiger partial charge is 0.495 e. The summed E-state index contributed by atoms with van der Waals surface area (Å²) in [5.41, 5.74) is 2.50. The Morgan fingerprint density at radius 1 is 0.900 bits per heavy atom. The van der Waals surface area contributed by atoms with Crippen molar-refractivity contribution in [3.8, 4) is 5.75 Å². The standard InChI is InChI=1S/C31H39N3O5S/c1-22-12-16-25(17-13-22)20-33(24(3)30(36)32-31(4,5)6)29(35)21-34(27-10-8-9-11-28(27)39-7)40(37,38)26-18-14-23(2)15-19-26/h8-19,24H,20-21H2,1-7H3,(H,32,36). The smallest absolute Gasteiger partial charge is 0.264 e. The molecule has 9 heteroatoms. The molecule has 3 rings (SSSR count). The van der Waals surface area contributed by atoms with Crippen molar-refractivity contribution in [2.45, 2.75) is 64.6 Å². The summed E-state index contributed by atoms with van der Waals surface area (Å²) >= 11 is 0. The van der Waals surface area contributed by atoms with E-state index < -0.39 is 34.1 Å².